The van der Waals surface area contributed by atoms with Gasteiger partial charge in [0.25, 0.3) is 0 Å². The van der Waals surface area contributed by atoms with Crippen LogP contribution in [0, 0.1) is 0 Å². The van der Waals surface area contributed by atoms with Crippen molar-refractivity contribution in [3.05, 3.63) is 29.3 Å². The van der Waals surface area contributed by atoms with Crippen LogP contribution < -0.4 is 4.74 Å². The molecule has 0 fully saturated rings. The molecule has 0 aliphatic heterocycles. The third-order valence-electron chi connectivity index (χ3n) is 2.77. The van der Waals surface area contributed by atoms with Crippen molar-refractivity contribution >= 4 is 5.78 Å². The molecule has 0 spiro atoms. The molecule has 0 saturated heterocycles. The number of ketones is 1. The Morgan fingerprint density at radius 2 is 2.11 bits per heavy atom. The van der Waals surface area contributed by atoms with Crippen molar-refractivity contribution in [2.24, 2.45) is 0 Å². The van der Waals surface area contributed by atoms with Crippen LogP contribution in [0.3, 0.4) is 0 Å². The van der Waals surface area contributed by atoms with Crippen LogP contribution in [-0.2, 0) is 16.1 Å². The summed E-state index contributed by atoms with van der Waals surface area (Å²) in [5.41, 5.74) is 1.54. The molecule has 0 amide bonds. The van der Waals surface area contributed by atoms with E-state index >= 15 is 0 Å². The monoisotopic (exact) mass is 266 g/mol. The van der Waals surface area contributed by atoms with Crippen LogP contribution in [0.1, 0.15) is 36.7 Å². The van der Waals surface area contributed by atoms with Gasteiger partial charge in [0.15, 0.2) is 5.78 Å². The van der Waals surface area contributed by atoms with Gasteiger partial charge in [-0.15, -0.1) is 0 Å². The molecule has 0 heterocycles. The zero-order chi connectivity index (χ0) is 14.3. The van der Waals surface area contributed by atoms with Crippen molar-refractivity contribution in [1.29, 1.82) is 0 Å². The molecular weight excluding hydrogens is 244 g/mol. The molecule has 0 aliphatic carbocycles. The molecule has 0 N–H and O–H groups in total. The molecular formula is C15H22O4. The lowest BCUT2D eigenvalue weighted by atomic mass is 10.1. The molecule has 0 bridgehead atoms. The highest BCUT2D eigenvalue weighted by Gasteiger charge is 2.09. The number of carbonyl (C=O) groups is 1. The first-order valence-electron chi connectivity index (χ1n) is 6.45. The van der Waals surface area contributed by atoms with Gasteiger partial charge < -0.3 is 14.2 Å². The van der Waals surface area contributed by atoms with Gasteiger partial charge >= 0.3 is 0 Å². The first kappa shape index (κ1) is 15.7. The summed E-state index contributed by atoms with van der Waals surface area (Å²) in [6, 6.07) is 5.37. The SMILES string of the molecule is CCOCC(C)OCc1cc(C(C)=O)ccc1OC. The lowest BCUT2D eigenvalue weighted by molar-refractivity contribution is -0.0121. The van der Waals surface area contributed by atoms with E-state index in [2.05, 4.69) is 0 Å². The smallest absolute Gasteiger partial charge is 0.159 e. The maximum absolute atomic E-state index is 11.4. The normalized spacial score (nSPS) is 12.2. The number of hydrogen-bond acceptors (Lipinski definition) is 4. The van der Waals surface area contributed by atoms with Crippen molar-refractivity contribution in [2.75, 3.05) is 20.3 Å². The van der Waals surface area contributed by atoms with E-state index in [1.165, 1.54) is 0 Å². The predicted octanol–water partition coefficient (Wildman–Crippen LogP) is 2.84. The van der Waals surface area contributed by atoms with Crippen molar-refractivity contribution in [3.63, 3.8) is 0 Å². The van der Waals surface area contributed by atoms with Gasteiger partial charge in [0.05, 0.1) is 26.4 Å². The minimum absolute atomic E-state index is 0.00522. The standard InChI is InChI=1S/C15H22O4/c1-5-18-9-11(2)19-10-14-8-13(12(3)16)6-7-15(14)17-4/h6-8,11H,5,9-10H2,1-4H3. The third-order valence-corrected chi connectivity index (χ3v) is 2.77. The Balaban J connectivity index is 2.69. The Labute approximate surface area is 114 Å². The summed E-state index contributed by atoms with van der Waals surface area (Å²) < 4.78 is 16.3. The van der Waals surface area contributed by atoms with Crippen LogP contribution >= 0.6 is 0 Å². The fourth-order valence-electron chi connectivity index (χ4n) is 1.67. The van der Waals surface area contributed by atoms with Gasteiger partial charge in [0, 0.05) is 17.7 Å². The average Bonchev–Trinajstić information content (AvgIpc) is 2.42. The Bertz CT molecular complexity index is 415. The number of benzene rings is 1. The predicted molar refractivity (Wildman–Crippen MR) is 73.7 cm³/mol. The molecule has 0 radical (unpaired) electrons. The summed E-state index contributed by atoms with van der Waals surface area (Å²) in [4.78, 5) is 11.4. The van der Waals surface area contributed by atoms with Gasteiger partial charge in [-0.2, -0.15) is 0 Å². The second kappa shape index (κ2) is 7.92. The van der Waals surface area contributed by atoms with E-state index in [0.29, 0.717) is 25.4 Å². The Kier molecular flexibility index (Phi) is 6.53. The van der Waals surface area contributed by atoms with Crippen molar-refractivity contribution in [3.8, 4) is 5.75 Å². The number of carbonyl (C=O) groups excluding carboxylic acids is 1. The largest absolute Gasteiger partial charge is 0.496 e. The summed E-state index contributed by atoms with van der Waals surface area (Å²) in [6.45, 7) is 7.09. The molecule has 1 atom stereocenters. The van der Waals surface area contributed by atoms with Crippen molar-refractivity contribution in [2.45, 2.75) is 33.5 Å². The van der Waals surface area contributed by atoms with Crippen LogP contribution in [-0.4, -0.2) is 32.2 Å². The van der Waals surface area contributed by atoms with Crippen LogP contribution in [0.5, 0.6) is 5.75 Å². The molecule has 0 saturated carbocycles. The van der Waals surface area contributed by atoms with Crippen molar-refractivity contribution < 1.29 is 19.0 Å². The van der Waals surface area contributed by atoms with Gasteiger partial charge in [-0.1, -0.05) is 0 Å². The molecule has 1 unspecified atom stereocenters. The summed E-state index contributed by atoms with van der Waals surface area (Å²) >= 11 is 0. The summed E-state index contributed by atoms with van der Waals surface area (Å²) in [5.74, 6) is 0.764. The first-order chi connectivity index (χ1) is 9.08. The zero-order valence-corrected chi connectivity index (χ0v) is 12.1. The molecule has 4 nitrogen and oxygen atoms in total. The Morgan fingerprint density at radius 3 is 2.68 bits per heavy atom. The molecule has 4 heteroatoms. The lowest BCUT2D eigenvalue weighted by Gasteiger charge is -2.15. The van der Waals surface area contributed by atoms with Gasteiger partial charge in [-0.3, -0.25) is 4.79 Å². The lowest BCUT2D eigenvalue weighted by Crippen LogP contribution is -2.16. The van der Waals surface area contributed by atoms with Crippen LogP contribution in [0.4, 0.5) is 0 Å². The molecule has 0 aliphatic rings. The molecule has 1 aromatic rings. The number of hydrogen-bond donors (Lipinski definition) is 0. The molecule has 106 valence electrons. The fraction of sp³-hybridized carbons (Fsp3) is 0.533. The molecule has 1 aromatic carbocycles. The Morgan fingerprint density at radius 1 is 1.37 bits per heavy atom. The molecule has 0 aromatic heterocycles. The Hall–Kier alpha value is -1.39. The highest BCUT2D eigenvalue weighted by Crippen LogP contribution is 2.21. The second-order valence-corrected chi connectivity index (χ2v) is 4.36. The summed E-state index contributed by atoms with van der Waals surface area (Å²) in [7, 11) is 1.61. The first-order valence-corrected chi connectivity index (χ1v) is 6.45. The second-order valence-electron chi connectivity index (χ2n) is 4.36. The number of rotatable bonds is 8. The number of Topliss-reactive ketones (excluding diaryl/α,β-unsaturated/α-hetero) is 1. The minimum Gasteiger partial charge on any atom is -0.496 e. The van der Waals surface area contributed by atoms with E-state index < -0.39 is 0 Å². The van der Waals surface area contributed by atoms with E-state index in [-0.39, 0.29) is 11.9 Å². The van der Waals surface area contributed by atoms with Gasteiger partial charge in [0.2, 0.25) is 0 Å². The highest BCUT2D eigenvalue weighted by atomic mass is 16.5. The summed E-state index contributed by atoms with van der Waals surface area (Å²) in [5, 5.41) is 0. The molecule has 19 heavy (non-hydrogen) atoms. The summed E-state index contributed by atoms with van der Waals surface area (Å²) in [6.07, 6.45) is 0.00522. The maximum Gasteiger partial charge on any atom is 0.159 e. The topological polar surface area (TPSA) is 44.8 Å². The van der Waals surface area contributed by atoms with E-state index in [4.69, 9.17) is 14.2 Å². The van der Waals surface area contributed by atoms with E-state index in [1.807, 2.05) is 19.9 Å². The highest BCUT2D eigenvalue weighted by molar-refractivity contribution is 5.94. The number of ether oxygens (including phenoxy) is 3. The van der Waals surface area contributed by atoms with E-state index in [0.717, 1.165) is 11.3 Å². The van der Waals surface area contributed by atoms with Gasteiger partial charge in [-0.05, 0) is 39.0 Å². The van der Waals surface area contributed by atoms with Gasteiger partial charge in [0.1, 0.15) is 5.75 Å². The van der Waals surface area contributed by atoms with Gasteiger partial charge in [-0.25, -0.2) is 0 Å². The number of methoxy groups -OCH3 is 1. The maximum atomic E-state index is 11.4. The van der Waals surface area contributed by atoms with Crippen molar-refractivity contribution in [1.82, 2.24) is 0 Å². The van der Waals surface area contributed by atoms with E-state index in [1.54, 1.807) is 26.2 Å². The third kappa shape index (κ3) is 5.01. The van der Waals surface area contributed by atoms with Crippen LogP contribution in [0.15, 0.2) is 18.2 Å². The minimum atomic E-state index is 0.00522. The van der Waals surface area contributed by atoms with Crippen LogP contribution in [0.25, 0.3) is 0 Å². The fourth-order valence-corrected chi connectivity index (χ4v) is 1.67. The quantitative estimate of drug-likeness (QED) is 0.679. The zero-order valence-electron chi connectivity index (χ0n) is 12.1. The average molecular weight is 266 g/mol. The van der Waals surface area contributed by atoms with E-state index in [9.17, 15) is 4.79 Å². The molecule has 1 rings (SSSR count). The van der Waals surface area contributed by atoms with Crippen LogP contribution in [0.2, 0.25) is 0 Å².